The van der Waals surface area contributed by atoms with E-state index in [1.54, 1.807) is 11.0 Å². The van der Waals surface area contributed by atoms with E-state index in [1.165, 1.54) is 12.1 Å². The number of hydrogen-bond donors (Lipinski definition) is 1. The number of aromatic nitrogens is 1. The number of likely N-dealkylation sites (N-methyl/N-ethyl adjacent to an activating group) is 1. The monoisotopic (exact) mass is 377 g/mol. The van der Waals surface area contributed by atoms with Crippen LogP contribution in [-0.2, 0) is 4.79 Å². The summed E-state index contributed by atoms with van der Waals surface area (Å²) in [6.07, 6.45) is 1.45. The number of likely N-dealkylation sites (tertiary alicyclic amines) is 1. The van der Waals surface area contributed by atoms with Crippen molar-refractivity contribution in [3.8, 4) is 0 Å². The second kappa shape index (κ2) is 8.80. The van der Waals surface area contributed by atoms with E-state index in [0.717, 1.165) is 43.6 Å². The maximum atomic E-state index is 13.3. The topological polar surface area (TPSA) is 69.8 Å². The van der Waals surface area contributed by atoms with Gasteiger partial charge in [0.1, 0.15) is 11.9 Å². The summed E-state index contributed by atoms with van der Waals surface area (Å²) in [7, 11) is 0. The third-order valence-corrected chi connectivity index (χ3v) is 5.49. The zero-order chi connectivity index (χ0) is 19.4. The first-order chi connectivity index (χ1) is 13.0. The van der Waals surface area contributed by atoms with Gasteiger partial charge in [-0.15, -0.1) is 0 Å². The highest BCUT2D eigenvalue weighted by molar-refractivity contribution is 5.80. The molecule has 1 aliphatic rings. The van der Waals surface area contributed by atoms with Crippen molar-refractivity contribution >= 4 is 16.9 Å². The molecule has 0 saturated carbocycles. The van der Waals surface area contributed by atoms with E-state index in [1.807, 2.05) is 13.8 Å². The van der Waals surface area contributed by atoms with Gasteiger partial charge in [0.25, 0.3) is 5.91 Å². The molecule has 27 heavy (non-hydrogen) atoms. The number of benzene rings is 1. The highest BCUT2D eigenvalue weighted by Gasteiger charge is 2.26. The van der Waals surface area contributed by atoms with Crippen molar-refractivity contribution in [2.75, 3.05) is 32.7 Å². The molecule has 6 nitrogen and oxygen atoms in total. The molecule has 2 heterocycles. The van der Waals surface area contributed by atoms with Crippen molar-refractivity contribution in [1.29, 1.82) is 0 Å². The number of nitrogens with zero attached hydrogens (tertiary/aromatic N) is 3. The summed E-state index contributed by atoms with van der Waals surface area (Å²) in [5.74, 6) is -0.196. The van der Waals surface area contributed by atoms with Crippen LogP contribution in [-0.4, -0.2) is 64.8 Å². The molecule has 7 heteroatoms. The summed E-state index contributed by atoms with van der Waals surface area (Å²) in [5.41, 5.74) is 1.42. The molecular formula is C20H28FN3O3. The van der Waals surface area contributed by atoms with Gasteiger partial charge in [-0.25, -0.2) is 4.39 Å². The molecule has 1 aromatic carbocycles. The minimum Gasteiger partial charge on any atom is -0.383 e. The Morgan fingerprint density at radius 1 is 1.41 bits per heavy atom. The number of rotatable bonds is 7. The molecule has 0 radical (unpaired) electrons. The van der Waals surface area contributed by atoms with E-state index >= 15 is 0 Å². The highest BCUT2D eigenvalue weighted by atomic mass is 19.1. The van der Waals surface area contributed by atoms with Crippen molar-refractivity contribution in [2.24, 2.45) is 0 Å². The predicted octanol–water partition coefficient (Wildman–Crippen LogP) is 2.77. The second-order valence-electron chi connectivity index (χ2n) is 7.17. The smallest absolute Gasteiger partial charge is 0.251 e. The van der Waals surface area contributed by atoms with Gasteiger partial charge in [0.15, 0.2) is 5.58 Å². The van der Waals surface area contributed by atoms with Crippen LogP contribution in [0.25, 0.3) is 11.0 Å². The first-order valence-corrected chi connectivity index (χ1v) is 9.77. The normalized spacial score (nSPS) is 17.3. The average Bonchev–Trinajstić information content (AvgIpc) is 3.11. The molecule has 0 aliphatic carbocycles. The quantitative estimate of drug-likeness (QED) is 0.803. The number of carbonyl (C=O) groups is 1. The predicted molar refractivity (Wildman–Crippen MR) is 101 cm³/mol. The van der Waals surface area contributed by atoms with Gasteiger partial charge in [-0.3, -0.25) is 4.79 Å². The standard InChI is InChI=1S/C20H28FN3O3/c1-3-17(25)20(26)24(4-2)12-11-23-9-7-14(8-10-23)19-16-6-5-15(21)13-18(16)27-22-19/h5-6,13-14,17,25H,3-4,7-12H2,1-2H3/t17-/m1/s1. The number of aliphatic hydroxyl groups excluding tert-OH is 1. The van der Waals surface area contributed by atoms with Gasteiger partial charge in [-0.05, 0) is 51.4 Å². The van der Waals surface area contributed by atoms with Gasteiger partial charge in [-0.2, -0.15) is 0 Å². The Morgan fingerprint density at radius 2 is 2.15 bits per heavy atom. The van der Waals surface area contributed by atoms with Gasteiger partial charge >= 0.3 is 0 Å². The molecule has 2 aromatic rings. The fraction of sp³-hybridized carbons (Fsp3) is 0.600. The molecule has 1 saturated heterocycles. The molecule has 148 valence electrons. The number of fused-ring (bicyclic) bond motifs is 1. The van der Waals surface area contributed by atoms with Crippen LogP contribution in [0.5, 0.6) is 0 Å². The molecule has 3 rings (SSSR count). The van der Waals surface area contributed by atoms with Crippen LogP contribution in [0.1, 0.15) is 44.7 Å². The summed E-state index contributed by atoms with van der Waals surface area (Å²) in [4.78, 5) is 16.2. The maximum Gasteiger partial charge on any atom is 0.251 e. The number of hydrogen-bond acceptors (Lipinski definition) is 5. The van der Waals surface area contributed by atoms with Crippen LogP contribution in [0.4, 0.5) is 4.39 Å². The Bertz CT molecular complexity index is 771. The minimum atomic E-state index is -0.902. The zero-order valence-electron chi connectivity index (χ0n) is 16.0. The zero-order valence-corrected chi connectivity index (χ0v) is 16.0. The van der Waals surface area contributed by atoms with Crippen LogP contribution in [0.15, 0.2) is 22.7 Å². The van der Waals surface area contributed by atoms with Crippen LogP contribution >= 0.6 is 0 Å². The Balaban J connectivity index is 1.53. The number of carbonyl (C=O) groups excluding carboxylic acids is 1. The van der Waals surface area contributed by atoms with Crippen molar-refractivity contribution in [2.45, 2.75) is 45.1 Å². The second-order valence-corrected chi connectivity index (χ2v) is 7.17. The first kappa shape index (κ1) is 19.8. The largest absolute Gasteiger partial charge is 0.383 e. The molecule has 0 bridgehead atoms. The van der Waals surface area contributed by atoms with E-state index < -0.39 is 6.10 Å². The summed E-state index contributed by atoms with van der Waals surface area (Å²) in [6, 6.07) is 4.56. The SMILES string of the molecule is CC[C@@H](O)C(=O)N(CC)CCN1CCC(c2noc3cc(F)ccc23)CC1. The molecule has 1 amide bonds. The Kier molecular flexibility index (Phi) is 6.44. The first-order valence-electron chi connectivity index (χ1n) is 9.77. The van der Waals surface area contributed by atoms with Crippen molar-refractivity contribution in [1.82, 2.24) is 15.0 Å². The highest BCUT2D eigenvalue weighted by Crippen LogP contribution is 2.32. The number of piperidine rings is 1. The van der Waals surface area contributed by atoms with Gasteiger partial charge in [-0.1, -0.05) is 12.1 Å². The Labute approximate surface area is 158 Å². The van der Waals surface area contributed by atoms with Gasteiger partial charge in [0.2, 0.25) is 0 Å². The van der Waals surface area contributed by atoms with Crippen LogP contribution < -0.4 is 0 Å². The van der Waals surface area contributed by atoms with E-state index in [0.29, 0.717) is 31.0 Å². The lowest BCUT2D eigenvalue weighted by atomic mass is 9.91. The number of amides is 1. The van der Waals surface area contributed by atoms with Crippen molar-refractivity contribution in [3.05, 3.63) is 29.7 Å². The van der Waals surface area contributed by atoms with E-state index in [4.69, 9.17) is 4.52 Å². The van der Waals surface area contributed by atoms with Crippen LogP contribution in [0.3, 0.4) is 0 Å². The molecule has 0 spiro atoms. The van der Waals surface area contributed by atoms with Crippen molar-refractivity contribution < 1.29 is 18.8 Å². The number of aliphatic hydroxyl groups is 1. The molecule has 1 N–H and O–H groups in total. The molecule has 0 unspecified atom stereocenters. The van der Waals surface area contributed by atoms with Gasteiger partial charge in [0, 0.05) is 37.0 Å². The average molecular weight is 377 g/mol. The lowest BCUT2D eigenvalue weighted by Crippen LogP contribution is -2.44. The molecule has 1 fully saturated rings. The van der Waals surface area contributed by atoms with E-state index in [-0.39, 0.29) is 11.7 Å². The summed E-state index contributed by atoms with van der Waals surface area (Å²) < 4.78 is 18.6. The number of halogens is 1. The lowest BCUT2D eigenvalue weighted by Gasteiger charge is -2.33. The van der Waals surface area contributed by atoms with E-state index in [2.05, 4.69) is 10.1 Å². The van der Waals surface area contributed by atoms with Gasteiger partial charge in [0.05, 0.1) is 5.69 Å². The summed E-state index contributed by atoms with van der Waals surface area (Å²) in [6.45, 7) is 7.61. The molecule has 1 aromatic heterocycles. The third kappa shape index (κ3) is 4.47. The molecular weight excluding hydrogens is 349 g/mol. The van der Waals surface area contributed by atoms with Crippen molar-refractivity contribution in [3.63, 3.8) is 0 Å². The summed E-state index contributed by atoms with van der Waals surface area (Å²) >= 11 is 0. The summed E-state index contributed by atoms with van der Waals surface area (Å²) in [5, 5.41) is 14.8. The fourth-order valence-electron chi connectivity index (χ4n) is 3.73. The maximum absolute atomic E-state index is 13.3. The van der Waals surface area contributed by atoms with E-state index in [9.17, 15) is 14.3 Å². The lowest BCUT2D eigenvalue weighted by molar-refractivity contribution is -0.140. The third-order valence-electron chi connectivity index (χ3n) is 5.49. The Hall–Kier alpha value is -1.99. The van der Waals surface area contributed by atoms with Crippen LogP contribution in [0, 0.1) is 5.82 Å². The van der Waals surface area contributed by atoms with Crippen LogP contribution in [0.2, 0.25) is 0 Å². The minimum absolute atomic E-state index is 0.184. The molecule has 1 aliphatic heterocycles. The Morgan fingerprint density at radius 3 is 2.81 bits per heavy atom. The fourth-order valence-corrected chi connectivity index (χ4v) is 3.73. The molecule has 1 atom stereocenters. The van der Waals surface area contributed by atoms with Gasteiger partial charge < -0.3 is 19.4 Å².